The van der Waals surface area contributed by atoms with E-state index < -0.39 is 5.91 Å². The Morgan fingerprint density at radius 2 is 1.83 bits per heavy atom. The summed E-state index contributed by atoms with van der Waals surface area (Å²) in [6.45, 7) is 5.21. The van der Waals surface area contributed by atoms with E-state index in [9.17, 15) is 9.59 Å². The minimum absolute atomic E-state index is 0.0347. The fourth-order valence-corrected chi connectivity index (χ4v) is 3.90. The lowest BCUT2D eigenvalue weighted by atomic mass is 10.2. The first-order valence-corrected chi connectivity index (χ1v) is 8.96. The van der Waals surface area contributed by atoms with Crippen molar-refractivity contribution >= 4 is 51.7 Å². The molecule has 0 aliphatic carbocycles. The van der Waals surface area contributed by atoms with Crippen LogP contribution in [0.25, 0.3) is 0 Å². The van der Waals surface area contributed by atoms with Gasteiger partial charge in [-0.3, -0.25) is 9.59 Å². The Kier molecular flexibility index (Phi) is 4.66. The molecule has 0 saturated carbocycles. The number of carbonyl (C=O) groups is 2. The van der Waals surface area contributed by atoms with Gasteiger partial charge in [-0.25, -0.2) is 4.90 Å². The average molecular weight is 447 g/mol. The standard InChI is InChI=1S/C16H17ClIN3O2/c1-10-9-11(18)3-4-12(10)21-15(22)13(17)14(16(21)23)20-7-5-19(2)6-8-20/h3-4,9H,5-8H2,1-2H3/p+1. The van der Waals surface area contributed by atoms with Gasteiger partial charge < -0.3 is 9.80 Å². The van der Waals surface area contributed by atoms with Crippen LogP contribution in [0.5, 0.6) is 0 Å². The van der Waals surface area contributed by atoms with Gasteiger partial charge in [0, 0.05) is 3.57 Å². The predicted molar refractivity (Wildman–Crippen MR) is 97.5 cm³/mol. The van der Waals surface area contributed by atoms with Crippen LogP contribution in [0, 0.1) is 10.5 Å². The highest BCUT2D eigenvalue weighted by molar-refractivity contribution is 14.1. The van der Waals surface area contributed by atoms with Crippen LogP contribution in [0.3, 0.4) is 0 Å². The van der Waals surface area contributed by atoms with E-state index in [0.29, 0.717) is 11.4 Å². The van der Waals surface area contributed by atoms with E-state index in [1.165, 1.54) is 9.80 Å². The van der Waals surface area contributed by atoms with Crippen molar-refractivity contribution in [1.82, 2.24) is 4.90 Å². The molecule has 3 rings (SSSR count). The van der Waals surface area contributed by atoms with Crippen LogP contribution in [-0.2, 0) is 9.59 Å². The molecule has 1 saturated heterocycles. The first-order valence-electron chi connectivity index (χ1n) is 7.51. The maximum atomic E-state index is 12.9. The molecule has 1 aromatic carbocycles. The Balaban J connectivity index is 1.93. The van der Waals surface area contributed by atoms with Crippen LogP contribution in [0.4, 0.5) is 5.69 Å². The van der Waals surface area contributed by atoms with Crippen LogP contribution in [0.1, 0.15) is 5.56 Å². The molecule has 0 atom stereocenters. The Morgan fingerprint density at radius 1 is 1.17 bits per heavy atom. The first kappa shape index (κ1) is 16.7. The number of halogens is 2. The van der Waals surface area contributed by atoms with Gasteiger partial charge in [-0.05, 0) is 53.3 Å². The molecular weight excluding hydrogens is 429 g/mol. The van der Waals surface area contributed by atoms with Crippen molar-refractivity contribution in [3.8, 4) is 0 Å². The van der Waals surface area contributed by atoms with E-state index in [4.69, 9.17) is 11.6 Å². The lowest BCUT2D eigenvalue weighted by molar-refractivity contribution is -0.883. The topological polar surface area (TPSA) is 45.1 Å². The summed E-state index contributed by atoms with van der Waals surface area (Å²) in [5, 5.41) is 0.0347. The predicted octanol–water partition coefficient (Wildman–Crippen LogP) is 0.754. The third-order valence-electron chi connectivity index (χ3n) is 4.34. The SMILES string of the molecule is Cc1cc(I)ccc1N1C(=O)C(Cl)=C(N2CC[NH+](C)CC2)C1=O. The molecule has 23 heavy (non-hydrogen) atoms. The summed E-state index contributed by atoms with van der Waals surface area (Å²) < 4.78 is 1.06. The molecule has 2 heterocycles. The van der Waals surface area contributed by atoms with Crippen molar-refractivity contribution in [2.24, 2.45) is 0 Å². The molecule has 2 aliphatic heterocycles. The Morgan fingerprint density at radius 3 is 2.43 bits per heavy atom. The summed E-state index contributed by atoms with van der Waals surface area (Å²) in [5.41, 5.74) is 1.84. The highest BCUT2D eigenvalue weighted by atomic mass is 127. The van der Waals surface area contributed by atoms with E-state index in [-0.39, 0.29) is 10.9 Å². The molecular formula is C16H18ClIN3O2+. The highest BCUT2D eigenvalue weighted by Crippen LogP contribution is 2.33. The molecule has 0 spiro atoms. The number of aryl methyl sites for hydroxylation is 1. The van der Waals surface area contributed by atoms with Gasteiger partial charge in [-0.1, -0.05) is 11.6 Å². The lowest BCUT2D eigenvalue weighted by Gasteiger charge is -2.32. The number of piperazine rings is 1. The van der Waals surface area contributed by atoms with E-state index in [2.05, 4.69) is 29.6 Å². The van der Waals surface area contributed by atoms with Crippen molar-refractivity contribution < 1.29 is 14.5 Å². The molecule has 1 N–H and O–H groups in total. The number of hydrogen-bond acceptors (Lipinski definition) is 3. The zero-order chi connectivity index (χ0) is 16.7. The van der Waals surface area contributed by atoms with Crippen molar-refractivity contribution in [1.29, 1.82) is 0 Å². The monoisotopic (exact) mass is 446 g/mol. The number of likely N-dealkylation sites (N-methyl/N-ethyl adjacent to an activating group) is 1. The van der Waals surface area contributed by atoms with Crippen LogP contribution in [-0.4, -0.2) is 49.9 Å². The number of nitrogens with one attached hydrogen (secondary N) is 1. The van der Waals surface area contributed by atoms with Gasteiger partial charge in [0.1, 0.15) is 10.7 Å². The zero-order valence-corrected chi connectivity index (χ0v) is 15.9. The molecule has 0 bridgehead atoms. The molecule has 0 radical (unpaired) electrons. The van der Waals surface area contributed by atoms with E-state index in [0.717, 1.165) is 35.3 Å². The molecule has 5 nitrogen and oxygen atoms in total. The number of hydrogen-bond donors (Lipinski definition) is 1. The Labute approximate surface area is 154 Å². The second-order valence-corrected chi connectivity index (χ2v) is 7.61. The zero-order valence-electron chi connectivity index (χ0n) is 13.0. The normalized spacial score (nSPS) is 20.0. The molecule has 1 fully saturated rings. The summed E-state index contributed by atoms with van der Waals surface area (Å²) in [7, 11) is 2.12. The molecule has 0 unspecified atom stereocenters. The smallest absolute Gasteiger partial charge is 0.283 e. The van der Waals surface area contributed by atoms with Crippen LogP contribution >= 0.6 is 34.2 Å². The van der Waals surface area contributed by atoms with Gasteiger partial charge in [0.2, 0.25) is 0 Å². The van der Waals surface area contributed by atoms with Crippen molar-refractivity contribution in [2.75, 3.05) is 38.1 Å². The number of carbonyl (C=O) groups excluding carboxylic acids is 2. The van der Waals surface area contributed by atoms with Gasteiger partial charge in [0.25, 0.3) is 11.8 Å². The number of anilines is 1. The molecule has 1 aromatic rings. The van der Waals surface area contributed by atoms with E-state index >= 15 is 0 Å². The summed E-state index contributed by atoms with van der Waals surface area (Å²) in [5.74, 6) is -0.744. The van der Waals surface area contributed by atoms with Gasteiger partial charge >= 0.3 is 0 Å². The van der Waals surface area contributed by atoms with E-state index in [1.54, 1.807) is 6.07 Å². The van der Waals surface area contributed by atoms with Gasteiger partial charge in [-0.15, -0.1) is 0 Å². The third kappa shape index (κ3) is 2.99. The lowest BCUT2D eigenvalue weighted by Crippen LogP contribution is -3.11. The fraction of sp³-hybridized carbons (Fsp3) is 0.375. The first-order chi connectivity index (χ1) is 10.9. The van der Waals surface area contributed by atoms with Gasteiger partial charge in [0.05, 0.1) is 38.9 Å². The Bertz CT molecular complexity index is 711. The summed E-state index contributed by atoms with van der Waals surface area (Å²) in [6, 6.07) is 5.63. The molecule has 0 aromatic heterocycles. The summed E-state index contributed by atoms with van der Waals surface area (Å²) >= 11 is 8.44. The van der Waals surface area contributed by atoms with Crippen molar-refractivity contribution in [3.63, 3.8) is 0 Å². The number of imide groups is 1. The van der Waals surface area contributed by atoms with Crippen LogP contribution in [0.15, 0.2) is 28.9 Å². The number of nitrogens with zero attached hydrogens (tertiary/aromatic N) is 2. The largest absolute Gasteiger partial charge is 0.354 e. The summed E-state index contributed by atoms with van der Waals surface area (Å²) in [6.07, 6.45) is 0. The van der Waals surface area contributed by atoms with Crippen LogP contribution < -0.4 is 9.80 Å². The number of amides is 2. The number of rotatable bonds is 2. The molecule has 2 aliphatic rings. The Hall–Kier alpha value is -1.12. The van der Waals surface area contributed by atoms with Crippen LogP contribution in [0.2, 0.25) is 0 Å². The second kappa shape index (κ2) is 6.41. The molecule has 7 heteroatoms. The fourth-order valence-electron chi connectivity index (χ4n) is 2.97. The molecule has 2 amide bonds. The van der Waals surface area contributed by atoms with Gasteiger partial charge in [-0.2, -0.15) is 0 Å². The van der Waals surface area contributed by atoms with E-state index in [1.807, 2.05) is 24.0 Å². The second-order valence-electron chi connectivity index (χ2n) is 5.98. The van der Waals surface area contributed by atoms with Crippen molar-refractivity contribution in [3.05, 3.63) is 38.1 Å². The van der Waals surface area contributed by atoms with Crippen molar-refractivity contribution in [2.45, 2.75) is 6.92 Å². The number of benzene rings is 1. The summed E-state index contributed by atoms with van der Waals surface area (Å²) in [4.78, 5) is 30.0. The quantitative estimate of drug-likeness (QED) is 0.539. The average Bonchev–Trinajstić information content (AvgIpc) is 2.72. The highest BCUT2D eigenvalue weighted by Gasteiger charge is 2.42. The van der Waals surface area contributed by atoms with Gasteiger partial charge in [0.15, 0.2) is 0 Å². The molecule has 122 valence electrons. The third-order valence-corrected chi connectivity index (χ3v) is 5.35. The minimum atomic E-state index is -0.428. The maximum Gasteiger partial charge on any atom is 0.283 e. The maximum absolute atomic E-state index is 12.9. The number of quaternary nitrogens is 1. The minimum Gasteiger partial charge on any atom is -0.354 e.